The van der Waals surface area contributed by atoms with Crippen LogP contribution in [0.15, 0.2) is 44.2 Å². The van der Waals surface area contributed by atoms with E-state index in [4.69, 9.17) is 25.2 Å². The first-order chi connectivity index (χ1) is 12.9. The highest BCUT2D eigenvalue weighted by molar-refractivity contribution is 6.32. The predicted octanol–water partition coefficient (Wildman–Crippen LogP) is 4.31. The maximum Gasteiger partial charge on any atom is 0.258 e. The van der Waals surface area contributed by atoms with Gasteiger partial charge in [0, 0.05) is 11.1 Å². The van der Waals surface area contributed by atoms with Gasteiger partial charge in [-0.1, -0.05) is 18.5 Å². The van der Waals surface area contributed by atoms with Crippen LogP contribution in [0, 0.1) is 6.92 Å². The Balaban J connectivity index is 2.05. The first-order valence-electron chi connectivity index (χ1n) is 8.63. The first-order valence-corrected chi connectivity index (χ1v) is 9.01. The highest BCUT2D eigenvalue weighted by Crippen LogP contribution is 2.32. The third-order valence-corrected chi connectivity index (χ3v) is 4.65. The highest BCUT2D eigenvalue weighted by Gasteiger charge is 2.21. The van der Waals surface area contributed by atoms with E-state index in [1.807, 2.05) is 20.8 Å². The number of carbonyl (C=O) groups is 1. The van der Waals surface area contributed by atoms with E-state index in [0.717, 1.165) is 12.0 Å². The van der Waals surface area contributed by atoms with Gasteiger partial charge in [-0.05, 0) is 50.1 Å². The zero-order valence-corrected chi connectivity index (χ0v) is 16.1. The Hall–Kier alpha value is -2.73. The zero-order chi connectivity index (χ0) is 19.6. The number of aryl methyl sites for hydroxylation is 1. The molecule has 0 aliphatic carbocycles. The molecule has 6 nitrogen and oxygen atoms in total. The molecule has 3 rings (SSSR count). The molecule has 3 aromatic rings. The van der Waals surface area contributed by atoms with E-state index >= 15 is 0 Å². The van der Waals surface area contributed by atoms with Gasteiger partial charge >= 0.3 is 0 Å². The molecule has 0 fully saturated rings. The topological polar surface area (TPSA) is 81.7 Å². The fourth-order valence-electron chi connectivity index (χ4n) is 2.56. The molecule has 1 N–H and O–H groups in total. The van der Waals surface area contributed by atoms with Crippen molar-refractivity contribution in [2.45, 2.75) is 33.2 Å². The lowest BCUT2D eigenvalue weighted by molar-refractivity contribution is -0.123. The Morgan fingerprint density at radius 3 is 2.81 bits per heavy atom. The summed E-state index contributed by atoms with van der Waals surface area (Å²) < 4.78 is 16.8. The molecule has 27 heavy (non-hydrogen) atoms. The second-order valence-electron chi connectivity index (χ2n) is 6.33. The van der Waals surface area contributed by atoms with Crippen molar-refractivity contribution in [2.75, 3.05) is 6.61 Å². The van der Waals surface area contributed by atoms with Crippen LogP contribution in [0.5, 0.6) is 5.75 Å². The largest absolute Gasteiger partial charge is 0.476 e. The molecule has 7 heteroatoms. The van der Waals surface area contributed by atoms with Crippen molar-refractivity contribution < 1.29 is 18.4 Å². The van der Waals surface area contributed by atoms with Crippen LogP contribution >= 0.6 is 11.6 Å². The smallest absolute Gasteiger partial charge is 0.258 e. The third-order valence-electron chi connectivity index (χ3n) is 4.24. The van der Waals surface area contributed by atoms with Crippen LogP contribution in [0.1, 0.15) is 25.8 Å². The van der Waals surface area contributed by atoms with Gasteiger partial charge in [-0.25, -0.2) is 0 Å². The number of halogens is 1. The van der Waals surface area contributed by atoms with Gasteiger partial charge in [-0.2, -0.15) is 0 Å². The zero-order valence-electron chi connectivity index (χ0n) is 15.3. The number of amides is 1. The average Bonchev–Trinajstić information content (AvgIpc) is 3.17. The van der Waals surface area contributed by atoms with Gasteiger partial charge in [0.1, 0.15) is 5.58 Å². The molecule has 142 valence electrons. The number of hydrogen-bond donors (Lipinski definition) is 1. The van der Waals surface area contributed by atoms with Crippen molar-refractivity contribution in [1.82, 2.24) is 5.32 Å². The summed E-state index contributed by atoms with van der Waals surface area (Å²) in [5, 5.41) is 3.51. The summed E-state index contributed by atoms with van der Waals surface area (Å²) in [5.41, 5.74) is 0.727. The van der Waals surface area contributed by atoms with Crippen molar-refractivity contribution in [3.63, 3.8) is 0 Å². The second kappa shape index (κ2) is 7.88. The molecule has 1 atom stereocenters. The van der Waals surface area contributed by atoms with Gasteiger partial charge in [0.25, 0.3) is 5.91 Å². The molecule has 0 aliphatic heterocycles. The third kappa shape index (κ3) is 4.01. The van der Waals surface area contributed by atoms with Crippen LogP contribution < -0.4 is 15.5 Å². The number of benzene rings is 1. The maximum atomic E-state index is 13.0. The lowest BCUT2D eigenvalue weighted by Crippen LogP contribution is -2.36. The molecular weight excluding hydrogens is 370 g/mol. The first kappa shape index (κ1) is 19.0. The van der Waals surface area contributed by atoms with Crippen LogP contribution in [0.3, 0.4) is 0 Å². The molecule has 0 saturated heterocycles. The standard InChI is InChI=1S/C20H20ClNO5/c1-4-12(3)22-17(23)10-26-20-18(24)13-9-14(21)11(2)8-16(13)27-19(20)15-6-5-7-25-15/h5-9,12H,4,10H2,1-3H3,(H,22,23)/t12-/m0/s1. The minimum Gasteiger partial charge on any atom is -0.476 e. The molecular formula is C20H20ClNO5. The van der Waals surface area contributed by atoms with Crippen LogP contribution in [-0.2, 0) is 4.79 Å². The molecule has 0 bridgehead atoms. The molecule has 0 aliphatic rings. The van der Waals surface area contributed by atoms with Gasteiger partial charge in [-0.3, -0.25) is 9.59 Å². The summed E-state index contributed by atoms with van der Waals surface area (Å²) in [7, 11) is 0. The minimum absolute atomic E-state index is 0.0143. The number of fused-ring (bicyclic) bond motifs is 1. The molecule has 0 spiro atoms. The summed E-state index contributed by atoms with van der Waals surface area (Å²) >= 11 is 6.15. The Morgan fingerprint density at radius 1 is 1.37 bits per heavy atom. The van der Waals surface area contributed by atoms with Crippen LogP contribution in [0.4, 0.5) is 0 Å². The van der Waals surface area contributed by atoms with Gasteiger partial charge in [0.15, 0.2) is 12.4 Å². The summed E-state index contributed by atoms with van der Waals surface area (Å²) in [6.07, 6.45) is 2.26. The number of nitrogens with one attached hydrogen (secondary N) is 1. The van der Waals surface area contributed by atoms with Crippen molar-refractivity contribution in [3.05, 3.63) is 51.3 Å². The summed E-state index contributed by atoms with van der Waals surface area (Å²) in [4.78, 5) is 25.0. The van der Waals surface area contributed by atoms with E-state index in [9.17, 15) is 9.59 Å². The predicted molar refractivity (Wildman–Crippen MR) is 103 cm³/mol. The molecule has 0 radical (unpaired) electrons. The molecule has 1 amide bonds. The highest BCUT2D eigenvalue weighted by atomic mass is 35.5. The fraction of sp³-hybridized carbons (Fsp3) is 0.300. The molecule has 1 aromatic carbocycles. The van der Waals surface area contributed by atoms with Gasteiger partial charge in [0.05, 0.1) is 11.6 Å². The molecule has 0 unspecified atom stereocenters. The van der Waals surface area contributed by atoms with Gasteiger partial charge < -0.3 is 18.9 Å². The Bertz CT molecular complexity index is 1020. The van der Waals surface area contributed by atoms with E-state index < -0.39 is 5.43 Å². The lowest BCUT2D eigenvalue weighted by Gasteiger charge is -2.13. The van der Waals surface area contributed by atoms with Crippen molar-refractivity contribution in [1.29, 1.82) is 0 Å². The number of ether oxygens (including phenoxy) is 1. The summed E-state index contributed by atoms with van der Waals surface area (Å²) in [6, 6.07) is 6.56. The molecule has 2 aromatic heterocycles. The van der Waals surface area contributed by atoms with E-state index in [1.165, 1.54) is 12.3 Å². The van der Waals surface area contributed by atoms with Gasteiger partial charge in [0.2, 0.25) is 16.9 Å². The number of hydrogen-bond acceptors (Lipinski definition) is 5. The van der Waals surface area contributed by atoms with E-state index in [0.29, 0.717) is 16.4 Å². The monoisotopic (exact) mass is 389 g/mol. The van der Waals surface area contributed by atoms with Crippen molar-refractivity contribution >= 4 is 28.5 Å². The lowest BCUT2D eigenvalue weighted by atomic mass is 10.1. The summed E-state index contributed by atoms with van der Waals surface area (Å²) in [5.74, 6) is 0.0577. The van der Waals surface area contributed by atoms with Crippen LogP contribution in [-0.4, -0.2) is 18.6 Å². The number of furan rings is 1. The maximum absolute atomic E-state index is 13.0. The van der Waals surface area contributed by atoms with E-state index in [2.05, 4.69) is 5.32 Å². The Morgan fingerprint density at radius 2 is 2.15 bits per heavy atom. The summed E-state index contributed by atoms with van der Waals surface area (Å²) in [6.45, 7) is 5.36. The normalized spacial score (nSPS) is 12.1. The quantitative estimate of drug-likeness (QED) is 0.679. The minimum atomic E-state index is -0.416. The van der Waals surface area contributed by atoms with Crippen molar-refractivity contribution in [3.8, 4) is 17.3 Å². The number of carbonyl (C=O) groups excluding carboxylic acids is 1. The number of rotatable bonds is 6. The molecule has 0 saturated carbocycles. The van der Waals surface area contributed by atoms with E-state index in [-0.39, 0.29) is 35.5 Å². The SMILES string of the molecule is CC[C@H](C)NC(=O)COc1c(-c2ccco2)oc2cc(C)c(Cl)cc2c1=O. The second-order valence-corrected chi connectivity index (χ2v) is 6.74. The van der Waals surface area contributed by atoms with E-state index in [1.54, 1.807) is 18.2 Å². The van der Waals surface area contributed by atoms with Crippen LogP contribution in [0.25, 0.3) is 22.5 Å². The average molecular weight is 390 g/mol. The molecule has 2 heterocycles. The fourth-order valence-corrected chi connectivity index (χ4v) is 2.72. The van der Waals surface area contributed by atoms with Crippen LogP contribution in [0.2, 0.25) is 5.02 Å². The van der Waals surface area contributed by atoms with Crippen molar-refractivity contribution in [2.24, 2.45) is 0 Å². The Labute approximate surface area is 161 Å². The Kier molecular flexibility index (Phi) is 5.56. The van der Waals surface area contributed by atoms with Gasteiger partial charge in [-0.15, -0.1) is 0 Å².